The molecule has 0 amide bonds. The van der Waals surface area contributed by atoms with Crippen LogP contribution in [-0.2, 0) is 13.6 Å². The van der Waals surface area contributed by atoms with Crippen LogP contribution in [0.25, 0.3) is 0 Å². The third kappa shape index (κ3) is 5.21. The second kappa shape index (κ2) is 9.57. The fourth-order valence-corrected chi connectivity index (χ4v) is 3.44. The number of rotatable bonds is 10. The summed E-state index contributed by atoms with van der Waals surface area (Å²) in [6, 6.07) is 8.64. The van der Waals surface area contributed by atoms with E-state index in [1.54, 1.807) is 55.4 Å². The van der Waals surface area contributed by atoms with Gasteiger partial charge in [-0.2, -0.15) is 0 Å². The predicted molar refractivity (Wildman–Crippen MR) is 101 cm³/mol. The van der Waals surface area contributed by atoms with Crippen LogP contribution < -0.4 is 9.64 Å². The van der Waals surface area contributed by atoms with E-state index in [2.05, 4.69) is 4.98 Å². The van der Waals surface area contributed by atoms with Crippen molar-refractivity contribution in [1.29, 1.82) is 0 Å². The number of nitrogens with zero attached hydrogens (tertiary/aromatic N) is 2. The molecule has 0 saturated heterocycles. The Hall–Kier alpha value is -2.08. The maximum atomic E-state index is 12.6. The van der Waals surface area contributed by atoms with Crippen LogP contribution in [0.2, 0.25) is 0 Å². The highest BCUT2D eigenvalue weighted by atomic mass is 31.2. The number of pyridine rings is 1. The van der Waals surface area contributed by atoms with E-state index in [1.165, 1.54) is 0 Å². The average molecular weight is 380 g/mol. The van der Waals surface area contributed by atoms with Gasteiger partial charge in [0.15, 0.2) is 11.5 Å². The fraction of sp³-hybridized carbons (Fsp3) is 0.389. The molecular weight excluding hydrogens is 355 g/mol. The van der Waals surface area contributed by atoms with Gasteiger partial charge in [-0.05, 0) is 38.1 Å². The molecule has 142 valence electrons. The average Bonchev–Trinajstić information content (AvgIpc) is 2.65. The molecule has 0 aliphatic rings. The van der Waals surface area contributed by atoms with E-state index < -0.39 is 7.60 Å². The Balaban J connectivity index is 2.33. The second-order valence-electron chi connectivity index (χ2n) is 5.33. The van der Waals surface area contributed by atoms with E-state index >= 15 is 0 Å². The van der Waals surface area contributed by atoms with Crippen molar-refractivity contribution in [2.24, 2.45) is 0 Å². The number of hydrogen-bond donors (Lipinski definition) is 1. The van der Waals surface area contributed by atoms with Crippen LogP contribution in [0.3, 0.4) is 0 Å². The van der Waals surface area contributed by atoms with Gasteiger partial charge in [0.1, 0.15) is 6.73 Å². The number of ether oxygens (including phenoxy) is 1. The molecule has 7 nitrogen and oxygen atoms in total. The van der Waals surface area contributed by atoms with Crippen molar-refractivity contribution in [2.45, 2.75) is 20.8 Å². The minimum Gasteiger partial charge on any atom is -0.504 e. The summed E-state index contributed by atoms with van der Waals surface area (Å²) in [7, 11) is -3.17. The maximum Gasteiger partial charge on any atom is 0.332 e. The first-order valence-corrected chi connectivity index (χ1v) is 10.3. The Kier molecular flexibility index (Phi) is 7.45. The summed E-state index contributed by atoms with van der Waals surface area (Å²) in [4.78, 5) is 5.92. The van der Waals surface area contributed by atoms with Crippen molar-refractivity contribution >= 4 is 19.0 Å². The largest absolute Gasteiger partial charge is 0.504 e. The number of aromatic hydroxyl groups is 1. The van der Waals surface area contributed by atoms with Crippen molar-refractivity contribution in [3.63, 3.8) is 0 Å². The van der Waals surface area contributed by atoms with E-state index in [1.807, 2.05) is 13.0 Å². The molecule has 1 atom stereocenters. The Bertz CT molecular complexity index is 742. The summed E-state index contributed by atoms with van der Waals surface area (Å²) >= 11 is 0. The zero-order valence-corrected chi connectivity index (χ0v) is 16.2. The summed E-state index contributed by atoms with van der Waals surface area (Å²) in [5.41, 5.74) is 1.46. The standard InChI is InChI=1S/C18H25N2O5P/c1-4-23-18-12-15(9-10-17(18)21)20(16-8-7-11-19-13-16)14-25-26(22,6-3)24-5-2/h7-13,21H,4-6,14H2,1-3H3. The molecule has 26 heavy (non-hydrogen) atoms. The lowest BCUT2D eigenvalue weighted by Gasteiger charge is -2.27. The molecule has 1 N–H and O–H groups in total. The summed E-state index contributed by atoms with van der Waals surface area (Å²) in [5, 5.41) is 9.93. The highest BCUT2D eigenvalue weighted by Gasteiger charge is 2.23. The second-order valence-corrected chi connectivity index (χ2v) is 7.70. The molecule has 1 unspecified atom stereocenters. The molecule has 0 bridgehead atoms. The van der Waals surface area contributed by atoms with Crippen LogP contribution in [0, 0.1) is 0 Å². The van der Waals surface area contributed by atoms with E-state index in [-0.39, 0.29) is 18.6 Å². The molecule has 0 radical (unpaired) electrons. The summed E-state index contributed by atoms with van der Waals surface area (Å²) < 4.78 is 29.0. The molecule has 1 aromatic carbocycles. The number of hydrogen-bond acceptors (Lipinski definition) is 7. The van der Waals surface area contributed by atoms with Gasteiger partial charge in [0, 0.05) is 24.1 Å². The fourth-order valence-electron chi connectivity index (χ4n) is 2.32. The molecule has 2 rings (SSSR count). The van der Waals surface area contributed by atoms with Crippen LogP contribution in [-0.4, -0.2) is 36.2 Å². The van der Waals surface area contributed by atoms with E-state index in [4.69, 9.17) is 13.8 Å². The third-order valence-corrected chi connectivity index (χ3v) is 5.54. The molecule has 0 aliphatic carbocycles. The third-order valence-electron chi connectivity index (χ3n) is 3.61. The van der Waals surface area contributed by atoms with Crippen LogP contribution in [0.4, 0.5) is 11.4 Å². The van der Waals surface area contributed by atoms with Crippen molar-refractivity contribution in [2.75, 3.05) is 31.0 Å². The number of benzene rings is 1. The summed E-state index contributed by atoms with van der Waals surface area (Å²) in [6.45, 7) is 6.12. The molecular formula is C18H25N2O5P. The maximum absolute atomic E-state index is 12.6. The molecule has 8 heteroatoms. The van der Waals surface area contributed by atoms with E-state index in [0.717, 1.165) is 5.69 Å². The molecule has 0 fully saturated rings. The van der Waals surface area contributed by atoms with Crippen molar-refractivity contribution in [3.8, 4) is 11.5 Å². The number of anilines is 2. The quantitative estimate of drug-likeness (QED) is 0.478. The first-order chi connectivity index (χ1) is 12.5. The monoisotopic (exact) mass is 380 g/mol. The van der Waals surface area contributed by atoms with Gasteiger partial charge < -0.3 is 19.3 Å². The summed E-state index contributed by atoms with van der Waals surface area (Å²) in [6.07, 6.45) is 3.62. The molecule has 1 heterocycles. The molecule has 0 spiro atoms. The first kappa shape index (κ1) is 20.2. The van der Waals surface area contributed by atoms with E-state index in [0.29, 0.717) is 24.7 Å². The number of phenols is 1. The molecule has 0 saturated carbocycles. The number of phenolic OH excluding ortho intramolecular Hbond substituents is 1. The van der Waals surface area contributed by atoms with Crippen molar-refractivity contribution in [3.05, 3.63) is 42.7 Å². The van der Waals surface area contributed by atoms with Crippen molar-refractivity contribution < 1.29 is 23.5 Å². The minimum absolute atomic E-state index is 0.00709. The highest BCUT2D eigenvalue weighted by molar-refractivity contribution is 7.53. The Morgan fingerprint density at radius 3 is 2.54 bits per heavy atom. The lowest BCUT2D eigenvalue weighted by Crippen LogP contribution is -2.21. The van der Waals surface area contributed by atoms with Gasteiger partial charge in [0.05, 0.1) is 25.1 Å². The van der Waals surface area contributed by atoms with Gasteiger partial charge in [-0.3, -0.25) is 14.1 Å². The van der Waals surface area contributed by atoms with Gasteiger partial charge in [-0.25, -0.2) is 0 Å². The normalized spacial score (nSPS) is 13.2. The van der Waals surface area contributed by atoms with E-state index in [9.17, 15) is 9.67 Å². The first-order valence-electron chi connectivity index (χ1n) is 8.54. The van der Waals surface area contributed by atoms with Gasteiger partial charge in [0.2, 0.25) is 0 Å². The Morgan fingerprint density at radius 1 is 1.12 bits per heavy atom. The molecule has 2 aromatic rings. The summed E-state index contributed by atoms with van der Waals surface area (Å²) in [5.74, 6) is 0.415. The highest BCUT2D eigenvalue weighted by Crippen LogP contribution is 2.48. The van der Waals surface area contributed by atoms with Gasteiger partial charge >= 0.3 is 7.60 Å². The zero-order valence-electron chi connectivity index (χ0n) is 15.3. The number of aromatic nitrogens is 1. The van der Waals surface area contributed by atoms with Crippen LogP contribution in [0.5, 0.6) is 11.5 Å². The van der Waals surface area contributed by atoms with Gasteiger partial charge in [-0.1, -0.05) is 6.92 Å². The zero-order chi connectivity index (χ0) is 19.0. The van der Waals surface area contributed by atoms with Crippen molar-refractivity contribution in [1.82, 2.24) is 4.98 Å². The molecule has 0 aliphatic heterocycles. The Morgan fingerprint density at radius 2 is 1.92 bits per heavy atom. The van der Waals surface area contributed by atoms with Gasteiger partial charge in [0.25, 0.3) is 0 Å². The molecule has 1 aromatic heterocycles. The predicted octanol–water partition coefficient (Wildman–Crippen LogP) is 4.55. The minimum atomic E-state index is -3.17. The Labute approximate surface area is 154 Å². The smallest absolute Gasteiger partial charge is 0.332 e. The lowest BCUT2D eigenvalue weighted by molar-refractivity contribution is 0.216. The topological polar surface area (TPSA) is 81.1 Å². The van der Waals surface area contributed by atoms with Gasteiger partial charge in [-0.15, -0.1) is 0 Å². The van der Waals surface area contributed by atoms with Crippen LogP contribution in [0.1, 0.15) is 20.8 Å². The van der Waals surface area contributed by atoms with Crippen LogP contribution in [0.15, 0.2) is 42.7 Å². The van der Waals surface area contributed by atoms with Crippen LogP contribution >= 0.6 is 7.60 Å². The SMILES string of the molecule is CCOc1cc(N(COP(=O)(CC)OCC)c2cccnc2)ccc1O. The lowest BCUT2D eigenvalue weighted by atomic mass is 10.2.